The molecule has 16 N–H and O–H groups in total. The fourth-order valence-corrected chi connectivity index (χ4v) is 7.76. The molecule has 1 aromatic carbocycles. The molecule has 1 aliphatic heterocycles. The van der Waals surface area contributed by atoms with Gasteiger partial charge in [-0.1, -0.05) is 46.2 Å². The highest BCUT2D eigenvalue weighted by Crippen LogP contribution is 2.26. The number of nitrogens with zero attached hydrogens (tertiary/aromatic N) is 1. The molecule has 0 aromatic heterocycles. The van der Waals surface area contributed by atoms with Crippen molar-refractivity contribution in [2.75, 3.05) is 18.8 Å². The average Bonchev–Trinajstić information content (AvgIpc) is 3.79. The number of thiol groups is 2. The van der Waals surface area contributed by atoms with Gasteiger partial charge in [-0.2, -0.15) is 25.3 Å². The normalized spacial score (nSPS) is 16.9. The largest absolute Gasteiger partial charge is 0.508 e. The van der Waals surface area contributed by atoms with E-state index in [2.05, 4.69) is 62.5 Å². The van der Waals surface area contributed by atoms with E-state index in [1.54, 1.807) is 13.8 Å². The van der Waals surface area contributed by atoms with Crippen molar-refractivity contribution in [2.24, 2.45) is 34.8 Å². The number of phenols is 1. The van der Waals surface area contributed by atoms with Crippen LogP contribution in [-0.2, 0) is 59.2 Å². The van der Waals surface area contributed by atoms with Gasteiger partial charge in [-0.15, -0.1) is 0 Å². The number of benzene rings is 1. The van der Waals surface area contributed by atoms with Gasteiger partial charge in [0.15, 0.2) is 0 Å². The number of hydrogen-bond acceptors (Lipinski definition) is 15. The summed E-state index contributed by atoms with van der Waals surface area (Å²) in [7, 11) is 0. The molecule has 2 rings (SSSR count). The predicted octanol–water partition coefficient (Wildman–Crippen LogP) is -3.37. The van der Waals surface area contributed by atoms with Crippen LogP contribution in [0.15, 0.2) is 24.3 Å². The van der Waals surface area contributed by atoms with Crippen molar-refractivity contribution in [1.82, 2.24) is 42.1 Å². The predicted molar refractivity (Wildman–Crippen MR) is 266 cm³/mol. The molecule has 26 heteroatoms. The van der Waals surface area contributed by atoms with Crippen molar-refractivity contribution in [3.05, 3.63) is 29.8 Å². The van der Waals surface area contributed by atoms with Gasteiger partial charge in [-0.05, 0) is 69.1 Å². The molecule has 1 aromatic rings. The molecule has 0 radical (unpaired) electrons. The summed E-state index contributed by atoms with van der Waals surface area (Å²) in [6.45, 7) is 9.59. The van der Waals surface area contributed by atoms with Crippen LogP contribution in [0, 0.1) is 11.8 Å². The van der Waals surface area contributed by atoms with E-state index in [9.17, 15) is 57.8 Å². The van der Waals surface area contributed by atoms with Gasteiger partial charge in [0.2, 0.25) is 65.0 Å². The summed E-state index contributed by atoms with van der Waals surface area (Å²) in [6.07, 6.45) is -0.738. The average molecular weight is 1040 g/mol. The summed E-state index contributed by atoms with van der Waals surface area (Å²) in [6, 6.07) is -5.02. The number of aromatic hydroxyl groups is 1. The number of primary amides is 3. The number of likely N-dealkylation sites (tertiary alicyclic amines) is 1. The molecule has 24 nitrogen and oxygen atoms in total. The Morgan fingerprint density at radius 1 is 0.746 bits per heavy atom. The lowest BCUT2D eigenvalue weighted by Crippen LogP contribution is -2.63. The van der Waals surface area contributed by atoms with E-state index in [0.29, 0.717) is 18.4 Å². The van der Waals surface area contributed by atoms with E-state index in [-0.39, 0.29) is 43.2 Å². The Bertz CT molecular complexity index is 2090. The number of hydrogen-bond donors (Lipinski definition) is 14. The minimum Gasteiger partial charge on any atom is -0.508 e. The van der Waals surface area contributed by atoms with Gasteiger partial charge >= 0.3 is 0 Å². The monoisotopic (exact) mass is 1040 g/mol. The lowest BCUT2D eigenvalue weighted by atomic mass is 9.96. The highest BCUT2D eigenvalue weighted by Gasteiger charge is 2.44. The summed E-state index contributed by atoms with van der Waals surface area (Å²) in [5, 5.41) is 27.4. The Balaban J connectivity index is 2.42. The molecule has 0 unspecified atom stereocenters. The van der Waals surface area contributed by atoms with Crippen molar-refractivity contribution >= 4 is 90.2 Å². The van der Waals surface area contributed by atoms with E-state index in [1.165, 1.54) is 43.0 Å². The van der Waals surface area contributed by atoms with Crippen LogP contribution in [0.4, 0.5) is 0 Å². The zero-order chi connectivity index (χ0) is 53.9. The van der Waals surface area contributed by atoms with E-state index in [4.69, 9.17) is 22.9 Å². The number of nitrogens with two attached hydrogens (primary N) is 4. The molecular weight excluding hydrogens is 965 g/mol. The van der Waals surface area contributed by atoms with Crippen LogP contribution in [0.2, 0.25) is 0 Å². The first-order valence-electron chi connectivity index (χ1n) is 23.2. The second-order valence-corrected chi connectivity index (χ2v) is 20.1. The number of phenolic OH excluding ortho intramolecular Hbond substituents is 1. The van der Waals surface area contributed by atoms with Crippen LogP contribution in [0.25, 0.3) is 0 Å². The fraction of sp³-hybridized carbons (Fsp3) is 0.622. The first kappa shape index (κ1) is 61.0. The molecule has 1 saturated heterocycles. The third kappa shape index (κ3) is 20.2. The SMILES string of the molecule is CC[C@H](C)[C@H](NC(=O)[C@H](Cc1ccc(O)cc1)NC(=O)[C@@H](N)CS)C(=O)N[C@@H](CCC(N)=O)C(=O)N[C@@H](CC(N)=O)C(=O)N[C@H](C(=O)N1CCC[C@H]1C(=O)N[C@@H](CC(C)C)C(=O)NCC(N)=O)C(C)(C)S. The van der Waals surface area contributed by atoms with Gasteiger partial charge in [0.25, 0.3) is 0 Å². The molecule has 1 heterocycles. The number of carbonyl (C=O) groups excluding carboxylic acids is 11. The van der Waals surface area contributed by atoms with Gasteiger partial charge < -0.3 is 70.2 Å². The first-order valence-corrected chi connectivity index (χ1v) is 24.3. The third-order valence-electron chi connectivity index (χ3n) is 11.5. The first-order chi connectivity index (χ1) is 33.1. The van der Waals surface area contributed by atoms with Crippen LogP contribution in [-0.4, -0.2) is 147 Å². The molecular formula is C45H72N12O12S2. The van der Waals surface area contributed by atoms with Crippen LogP contribution in [0.1, 0.15) is 92.1 Å². The zero-order valence-electron chi connectivity index (χ0n) is 41.0. The van der Waals surface area contributed by atoms with Crippen LogP contribution < -0.4 is 60.2 Å². The summed E-state index contributed by atoms with van der Waals surface area (Å²) < 4.78 is -1.36. The van der Waals surface area contributed by atoms with Crippen molar-refractivity contribution in [2.45, 2.75) is 146 Å². The zero-order valence-corrected chi connectivity index (χ0v) is 42.7. The Kier molecular flexibility index (Phi) is 24.6. The minimum atomic E-state index is -1.79. The maximum atomic E-state index is 14.3. The molecule has 396 valence electrons. The highest BCUT2D eigenvalue weighted by molar-refractivity contribution is 7.81. The fourth-order valence-electron chi connectivity index (χ4n) is 7.41. The Morgan fingerprint density at radius 2 is 1.32 bits per heavy atom. The van der Waals surface area contributed by atoms with Crippen molar-refractivity contribution in [3.63, 3.8) is 0 Å². The molecule has 1 fully saturated rings. The maximum absolute atomic E-state index is 14.3. The quantitative estimate of drug-likeness (QED) is 0.0349. The molecule has 9 atom stereocenters. The number of amides is 11. The van der Waals surface area contributed by atoms with Gasteiger partial charge in [0.05, 0.1) is 19.0 Å². The van der Waals surface area contributed by atoms with Gasteiger partial charge in [-0.25, -0.2) is 0 Å². The van der Waals surface area contributed by atoms with Crippen molar-refractivity contribution < 1.29 is 57.8 Å². The number of rotatable bonds is 29. The smallest absolute Gasteiger partial charge is 0.247 e. The van der Waals surface area contributed by atoms with Crippen LogP contribution >= 0.6 is 25.3 Å². The summed E-state index contributed by atoms with van der Waals surface area (Å²) in [5.74, 6) is -10.2. The topological polar surface area (TPSA) is 400 Å². The Hall–Kier alpha value is -6.15. The Morgan fingerprint density at radius 3 is 1.86 bits per heavy atom. The molecule has 0 spiro atoms. The molecule has 0 saturated carbocycles. The molecule has 0 aliphatic carbocycles. The highest BCUT2D eigenvalue weighted by atomic mass is 32.1. The number of nitrogens with one attached hydrogen (secondary N) is 7. The van der Waals surface area contributed by atoms with Crippen molar-refractivity contribution in [1.29, 1.82) is 0 Å². The van der Waals surface area contributed by atoms with Gasteiger partial charge in [-0.3, -0.25) is 52.7 Å². The Labute approximate surface area is 424 Å². The van der Waals surface area contributed by atoms with E-state index >= 15 is 0 Å². The molecule has 1 aliphatic rings. The van der Waals surface area contributed by atoms with Crippen molar-refractivity contribution in [3.8, 4) is 5.75 Å². The second kappa shape index (κ2) is 28.6. The second-order valence-electron chi connectivity index (χ2n) is 18.6. The van der Waals surface area contributed by atoms with Crippen LogP contribution in [0.3, 0.4) is 0 Å². The lowest BCUT2D eigenvalue weighted by Gasteiger charge is -2.36. The molecule has 0 bridgehead atoms. The summed E-state index contributed by atoms with van der Waals surface area (Å²) in [4.78, 5) is 147. The van der Waals surface area contributed by atoms with Gasteiger partial charge in [0, 0.05) is 29.9 Å². The van der Waals surface area contributed by atoms with E-state index in [0.717, 1.165) is 0 Å². The minimum absolute atomic E-state index is 0.0434. The van der Waals surface area contributed by atoms with Gasteiger partial charge in [0.1, 0.15) is 48.0 Å². The lowest BCUT2D eigenvalue weighted by molar-refractivity contribution is -0.143. The van der Waals surface area contributed by atoms with Crippen LogP contribution in [0.5, 0.6) is 5.75 Å². The summed E-state index contributed by atoms with van der Waals surface area (Å²) >= 11 is 8.62. The maximum Gasteiger partial charge on any atom is 0.247 e. The number of carbonyl (C=O) groups is 11. The standard InChI is InChI=1S/C45H72N12O12S2/c1-7-23(4)35(55-40(65)29(52-37(62)26(46)21-70)18-24-10-12-25(58)13-11-24)43(68)51-27(14-15-32(47)59)39(64)53-30(19-33(48)60)41(66)56-36(45(5,6)71)44(69)57-16-8-9-31(57)42(67)54-28(17-22(2)3)38(63)50-20-34(49)61/h10-13,22-23,26-31,35-36,58,70-71H,7-9,14-21,46H2,1-6H3,(H2,47,59)(H2,48,60)(H2,49,61)(H,50,63)(H,51,68)(H,52,62)(H,53,64)(H,54,67)(H,55,65)(H,56,66)/t23-,26-,27-,28-,29-,30-,31-,35-,36+/m0/s1. The summed E-state index contributed by atoms with van der Waals surface area (Å²) in [5.41, 5.74) is 22.5. The molecule has 11 amide bonds. The van der Waals surface area contributed by atoms with E-state index < -0.39 is 150 Å². The molecule has 71 heavy (non-hydrogen) atoms. The third-order valence-corrected chi connectivity index (χ3v) is 12.2. The van der Waals surface area contributed by atoms with E-state index in [1.807, 2.05) is 13.8 Å².